The molecule has 0 aliphatic heterocycles. The highest BCUT2D eigenvalue weighted by Crippen LogP contribution is 2.49. The average molecular weight is 231 g/mol. The van der Waals surface area contributed by atoms with Crippen LogP contribution in [0.4, 0.5) is 0 Å². The van der Waals surface area contributed by atoms with E-state index in [4.69, 9.17) is 9.15 Å². The lowest BCUT2D eigenvalue weighted by molar-refractivity contribution is -0.143. The number of aromatic nitrogens is 1. The van der Waals surface area contributed by atoms with Crippen molar-refractivity contribution < 1.29 is 13.9 Å². The van der Waals surface area contributed by atoms with Gasteiger partial charge in [0.15, 0.2) is 11.5 Å². The molecule has 1 aliphatic rings. The molecule has 4 heteroatoms. The number of carbonyl (C=O) groups is 1. The summed E-state index contributed by atoms with van der Waals surface area (Å²) in [6, 6.07) is 5.72. The number of methoxy groups -OCH3 is 1. The number of oxazole rings is 1. The number of nitrogens with zero attached hydrogens (tertiary/aromatic N) is 1. The minimum atomic E-state index is -0.435. The van der Waals surface area contributed by atoms with Crippen molar-refractivity contribution >= 4 is 17.1 Å². The van der Waals surface area contributed by atoms with Crippen molar-refractivity contribution in [3.8, 4) is 0 Å². The van der Waals surface area contributed by atoms with E-state index in [9.17, 15) is 4.79 Å². The maximum absolute atomic E-state index is 11.8. The van der Waals surface area contributed by atoms with E-state index in [1.807, 2.05) is 25.1 Å². The predicted molar refractivity (Wildman–Crippen MR) is 61.7 cm³/mol. The summed E-state index contributed by atoms with van der Waals surface area (Å²) >= 11 is 0. The molecule has 2 aromatic rings. The predicted octanol–water partition coefficient (Wildman–Crippen LogP) is 2.34. The minimum Gasteiger partial charge on any atom is -0.468 e. The monoisotopic (exact) mass is 231 g/mol. The molecule has 1 aliphatic carbocycles. The van der Waals surface area contributed by atoms with Crippen molar-refractivity contribution in [1.82, 2.24) is 4.98 Å². The molecule has 17 heavy (non-hydrogen) atoms. The number of rotatable bonds is 2. The first-order chi connectivity index (χ1) is 8.15. The van der Waals surface area contributed by atoms with Gasteiger partial charge in [-0.1, -0.05) is 6.07 Å². The van der Waals surface area contributed by atoms with Gasteiger partial charge >= 0.3 is 5.97 Å². The summed E-state index contributed by atoms with van der Waals surface area (Å²) in [5.41, 5.74) is 2.10. The first-order valence-electron chi connectivity index (χ1n) is 5.62. The number of hydrogen-bond donors (Lipinski definition) is 0. The fraction of sp³-hybridized carbons (Fsp3) is 0.385. The Balaban J connectivity index is 2.09. The van der Waals surface area contributed by atoms with Crippen LogP contribution >= 0.6 is 0 Å². The van der Waals surface area contributed by atoms with Crippen molar-refractivity contribution in [3.63, 3.8) is 0 Å². The molecule has 0 unspecified atom stereocenters. The summed E-state index contributed by atoms with van der Waals surface area (Å²) in [5, 5.41) is 0. The lowest BCUT2D eigenvalue weighted by atomic mass is 9.96. The Labute approximate surface area is 98.6 Å². The first kappa shape index (κ1) is 10.3. The van der Waals surface area contributed by atoms with Crippen LogP contribution < -0.4 is 0 Å². The average Bonchev–Trinajstić information content (AvgIpc) is 3.04. The number of aryl methyl sites for hydroxylation is 1. The highest BCUT2D eigenvalue weighted by molar-refractivity contribution is 5.88. The minimum absolute atomic E-state index is 0.155. The van der Waals surface area contributed by atoms with Crippen LogP contribution in [0.2, 0.25) is 0 Å². The van der Waals surface area contributed by atoms with Crippen molar-refractivity contribution in [1.29, 1.82) is 0 Å². The Morgan fingerprint density at radius 2 is 2.24 bits per heavy atom. The highest BCUT2D eigenvalue weighted by atomic mass is 16.5. The fourth-order valence-electron chi connectivity index (χ4n) is 2.27. The van der Waals surface area contributed by atoms with E-state index in [1.165, 1.54) is 7.11 Å². The third-order valence-electron chi connectivity index (χ3n) is 3.37. The number of carbonyl (C=O) groups excluding carboxylic acids is 1. The molecule has 88 valence electrons. The Hall–Kier alpha value is -1.84. The lowest BCUT2D eigenvalue weighted by Crippen LogP contribution is -2.21. The van der Waals surface area contributed by atoms with Crippen molar-refractivity contribution in [2.24, 2.45) is 0 Å². The van der Waals surface area contributed by atoms with E-state index in [-0.39, 0.29) is 5.97 Å². The summed E-state index contributed by atoms with van der Waals surface area (Å²) in [5.74, 6) is 0.483. The molecule has 0 atom stereocenters. The number of ether oxygens (including phenoxy) is 1. The molecule has 0 bridgehead atoms. The van der Waals surface area contributed by atoms with Crippen LogP contribution in [0.5, 0.6) is 0 Å². The quantitative estimate of drug-likeness (QED) is 0.744. The number of esters is 1. The van der Waals surface area contributed by atoms with Crippen LogP contribution in [-0.2, 0) is 14.9 Å². The number of hydrogen-bond acceptors (Lipinski definition) is 4. The zero-order valence-corrected chi connectivity index (χ0v) is 9.82. The van der Waals surface area contributed by atoms with Gasteiger partial charge in [0.25, 0.3) is 0 Å². The topological polar surface area (TPSA) is 52.3 Å². The first-order valence-corrected chi connectivity index (χ1v) is 5.62. The van der Waals surface area contributed by atoms with Crippen LogP contribution in [0.25, 0.3) is 11.1 Å². The normalized spacial score (nSPS) is 17.1. The van der Waals surface area contributed by atoms with Gasteiger partial charge in [0.2, 0.25) is 0 Å². The Kier molecular flexibility index (Phi) is 2.02. The van der Waals surface area contributed by atoms with Crippen LogP contribution in [0.1, 0.15) is 24.3 Å². The zero-order valence-electron chi connectivity index (χ0n) is 9.82. The van der Waals surface area contributed by atoms with Crippen molar-refractivity contribution in [2.75, 3.05) is 7.11 Å². The molecule has 1 aromatic carbocycles. The van der Waals surface area contributed by atoms with Gasteiger partial charge in [0.05, 0.1) is 12.5 Å². The van der Waals surface area contributed by atoms with E-state index in [0.29, 0.717) is 5.89 Å². The standard InChI is InChI=1S/C13H13NO3/c1-8-14-10-7-9(3-4-11(10)17-8)13(5-6-13)12(15)16-2/h3-4,7H,5-6H2,1-2H3. The van der Waals surface area contributed by atoms with Crippen molar-refractivity contribution in [3.05, 3.63) is 29.7 Å². The van der Waals surface area contributed by atoms with E-state index >= 15 is 0 Å². The summed E-state index contributed by atoms with van der Waals surface area (Å²) in [7, 11) is 1.43. The van der Waals surface area contributed by atoms with Gasteiger partial charge in [-0.25, -0.2) is 4.98 Å². The van der Waals surface area contributed by atoms with E-state index < -0.39 is 5.41 Å². The molecule has 0 spiro atoms. The van der Waals surface area contributed by atoms with Gasteiger partial charge in [-0.3, -0.25) is 4.79 Å². The second kappa shape index (κ2) is 3.32. The molecular formula is C13H13NO3. The van der Waals surface area contributed by atoms with Gasteiger partial charge < -0.3 is 9.15 Å². The molecule has 0 N–H and O–H groups in total. The molecule has 0 amide bonds. The third kappa shape index (κ3) is 1.44. The van der Waals surface area contributed by atoms with Gasteiger partial charge in [-0.05, 0) is 30.5 Å². The molecule has 1 saturated carbocycles. The molecular weight excluding hydrogens is 218 g/mol. The van der Waals surface area contributed by atoms with Gasteiger partial charge in [-0.15, -0.1) is 0 Å². The van der Waals surface area contributed by atoms with E-state index in [1.54, 1.807) is 0 Å². The van der Waals surface area contributed by atoms with Gasteiger partial charge in [-0.2, -0.15) is 0 Å². The SMILES string of the molecule is COC(=O)C1(c2ccc3oc(C)nc3c2)CC1. The largest absolute Gasteiger partial charge is 0.468 e. The maximum Gasteiger partial charge on any atom is 0.316 e. The molecule has 1 fully saturated rings. The maximum atomic E-state index is 11.8. The van der Waals surface area contributed by atoms with Crippen LogP contribution in [0.3, 0.4) is 0 Å². The summed E-state index contributed by atoms with van der Waals surface area (Å²) in [4.78, 5) is 16.1. The second-order valence-electron chi connectivity index (χ2n) is 4.49. The third-order valence-corrected chi connectivity index (χ3v) is 3.37. The smallest absolute Gasteiger partial charge is 0.316 e. The second-order valence-corrected chi connectivity index (χ2v) is 4.49. The molecule has 3 rings (SSSR count). The fourth-order valence-corrected chi connectivity index (χ4v) is 2.27. The molecule has 0 radical (unpaired) electrons. The lowest BCUT2D eigenvalue weighted by Gasteiger charge is -2.12. The number of fused-ring (bicyclic) bond motifs is 1. The Morgan fingerprint density at radius 3 is 2.88 bits per heavy atom. The Morgan fingerprint density at radius 1 is 1.47 bits per heavy atom. The number of benzene rings is 1. The van der Waals surface area contributed by atoms with E-state index in [2.05, 4.69) is 4.98 Å². The van der Waals surface area contributed by atoms with Crippen molar-refractivity contribution in [2.45, 2.75) is 25.2 Å². The zero-order chi connectivity index (χ0) is 12.0. The van der Waals surface area contributed by atoms with Gasteiger partial charge in [0, 0.05) is 6.92 Å². The highest BCUT2D eigenvalue weighted by Gasteiger charge is 2.52. The van der Waals surface area contributed by atoms with Crippen LogP contribution in [0, 0.1) is 6.92 Å². The molecule has 1 aromatic heterocycles. The molecule has 0 saturated heterocycles. The summed E-state index contributed by atoms with van der Waals surface area (Å²) in [6.45, 7) is 1.81. The summed E-state index contributed by atoms with van der Waals surface area (Å²) in [6.07, 6.45) is 1.70. The molecule has 1 heterocycles. The van der Waals surface area contributed by atoms with Crippen LogP contribution in [-0.4, -0.2) is 18.1 Å². The van der Waals surface area contributed by atoms with E-state index in [0.717, 1.165) is 29.5 Å². The molecule has 4 nitrogen and oxygen atoms in total. The Bertz CT molecular complexity index is 596. The van der Waals surface area contributed by atoms with Gasteiger partial charge in [0.1, 0.15) is 5.52 Å². The van der Waals surface area contributed by atoms with Crippen LogP contribution in [0.15, 0.2) is 22.6 Å². The summed E-state index contributed by atoms with van der Waals surface area (Å²) < 4.78 is 10.3.